The molecule has 10 heteroatoms. The maximum atomic E-state index is 13.6. The zero-order valence-electron chi connectivity index (χ0n) is 17.3. The standard InChI is InChI=1S/C23H17FN4O4S/c1-2-32-19-10-3-15(4-11-19)14-25-27(22(29)16-5-8-18(9-6-16)28(30)31)23-26-20-12-7-17(24)13-21(20)33-23/h3-14H,2H2,1H3/b25-14+. The highest BCUT2D eigenvalue weighted by Crippen LogP contribution is 2.31. The fourth-order valence-electron chi connectivity index (χ4n) is 2.95. The van der Waals surface area contributed by atoms with Gasteiger partial charge in [0, 0.05) is 17.7 Å². The molecule has 0 atom stereocenters. The molecule has 0 bridgehead atoms. The number of nitro groups is 1. The molecule has 0 N–H and O–H groups in total. The maximum absolute atomic E-state index is 13.6. The Morgan fingerprint density at radius 2 is 1.91 bits per heavy atom. The fraction of sp³-hybridized carbons (Fsp3) is 0.0870. The van der Waals surface area contributed by atoms with E-state index in [0.29, 0.717) is 28.1 Å². The molecule has 8 nitrogen and oxygen atoms in total. The average molecular weight is 464 g/mol. The molecule has 4 rings (SSSR count). The number of halogens is 1. The van der Waals surface area contributed by atoms with Gasteiger partial charge in [-0.05, 0) is 67.1 Å². The van der Waals surface area contributed by atoms with Crippen LogP contribution in [-0.2, 0) is 0 Å². The van der Waals surface area contributed by atoms with E-state index in [1.807, 2.05) is 6.92 Å². The molecule has 0 aliphatic rings. The molecule has 0 spiro atoms. The molecule has 0 radical (unpaired) electrons. The number of rotatable bonds is 7. The SMILES string of the molecule is CCOc1ccc(/C=N/N(C(=O)c2ccc([N+](=O)[O-])cc2)c2nc3ccc(F)cc3s2)cc1. The van der Waals surface area contributed by atoms with Crippen LogP contribution in [-0.4, -0.2) is 28.6 Å². The molecule has 4 aromatic rings. The van der Waals surface area contributed by atoms with Gasteiger partial charge in [-0.25, -0.2) is 9.37 Å². The Kier molecular flexibility index (Phi) is 6.36. The lowest BCUT2D eigenvalue weighted by Gasteiger charge is -2.13. The van der Waals surface area contributed by atoms with Gasteiger partial charge in [0.1, 0.15) is 11.6 Å². The summed E-state index contributed by atoms with van der Waals surface area (Å²) < 4.78 is 19.6. The second kappa shape index (κ2) is 9.53. The molecule has 0 saturated heterocycles. The van der Waals surface area contributed by atoms with E-state index < -0.39 is 16.6 Å². The summed E-state index contributed by atoms with van der Waals surface area (Å²) in [7, 11) is 0. The van der Waals surface area contributed by atoms with Crippen molar-refractivity contribution in [3.8, 4) is 5.75 Å². The predicted molar refractivity (Wildman–Crippen MR) is 125 cm³/mol. The summed E-state index contributed by atoms with van der Waals surface area (Å²) in [5.74, 6) is -0.239. The Balaban J connectivity index is 1.70. The van der Waals surface area contributed by atoms with Crippen molar-refractivity contribution in [1.82, 2.24) is 4.98 Å². The highest BCUT2D eigenvalue weighted by atomic mass is 32.1. The molecule has 166 valence electrons. The topological polar surface area (TPSA) is 97.9 Å². The van der Waals surface area contributed by atoms with Crippen molar-refractivity contribution >= 4 is 44.5 Å². The first-order valence-electron chi connectivity index (χ1n) is 9.86. The lowest BCUT2D eigenvalue weighted by atomic mass is 10.2. The molecule has 0 saturated carbocycles. The summed E-state index contributed by atoms with van der Waals surface area (Å²) in [4.78, 5) is 28.0. The van der Waals surface area contributed by atoms with Crippen molar-refractivity contribution in [2.24, 2.45) is 5.10 Å². The Labute approximate surface area is 191 Å². The average Bonchev–Trinajstić information content (AvgIpc) is 3.23. The third-order valence-corrected chi connectivity index (χ3v) is 5.54. The smallest absolute Gasteiger partial charge is 0.280 e. The highest BCUT2D eigenvalue weighted by Gasteiger charge is 2.22. The molecule has 1 amide bonds. The third-order valence-electron chi connectivity index (χ3n) is 4.55. The normalized spacial score (nSPS) is 11.1. The van der Waals surface area contributed by atoms with Gasteiger partial charge in [-0.3, -0.25) is 14.9 Å². The Hall–Kier alpha value is -4.18. The molecule has 0 aliphatic heterocycles. The predicted octanol–water partition coefficient (Wildman–Crippen LogP) is 5.42. The summed E-state index contributed by atoms with van der Waals surface area (Å²) in [5, 5.41) is 16.6. The minimum Gasteiger partial charge on any atom is -0.494 e. The van der Waals surface area contributed by atoms with Gasteiger partial charge >= 0.3 is 0 Å². The van der Waals surface area contributed by atoms with Crippen molar-refractivity contribution in [2.45, 2.75) is 6.92 Å². The molecule has 0 fully saturated rings. The number of hydrogen-bond donors (Lipinski definition) is 0. The van der Waals surface area contributed by atoms with Gasteiger partial charge in [0.15, 0.2) is 0 Å². The number of benzene rings is 3. The van der Waals surface area contributed by atoms with Gasteiger partial charge in [-0.1, -0.05) is 11.3 Å². The van der Waals surface area contributed by atoms with E-state index in [2.05, 4.69) is 10.1 Å². The number of nitrogens with zero attached hydrogens (tertiary/aromatic N) is 4. The van der Waals surface area contributed by atoms with Crippen molar-refractivity contribution in [2.75, 3.05) is 11.6 Å². The van der Waals surface area contributed by atoms with Crippen LogP contribution in [0.2, 0.25) is 0 Å². The lowest BCUT2D eigenvalue weighted by Crippen LogP contribution is -2.25. The number of ether oxygens (including phenoxy) is 1. The number of anilines is 1. The fourth-order valence-corrected chi connectivity index (χ4v) is 3.90. The van der Waals surface area contributed by atoms with Crippen LogP contribution in [0, 0.1) is 15.9 Å². The van der Waals surface area contributed by atoms with Crippen molar-refractivity contribution in [3.63, 3.8) is 0 Å². The molecule has 1 heterocycles. The van der Waals surface area contributed by atoms with Crippen LogP contribution in [0.15, 0.2) is 71.8 Å². The Morgan fingerprint density at radius 3 is 2.58 bits per heavy atom. The van der Waals surface area contributed by atoms with Crippen LogP contribution in [0.1, 0.15) is 22.8 Å². The first-order valence-corrected chi connectivity index (χ1v) is 10.7. The van der Waals surface area contributed by atoms with Gasteiger partial charge in [0.25, 0.3) is 11.6 Å². The second-order valence-electron chi connectivity index (χ2n) is 6.78. The number of fused-ring (bicyclic) bond motifs is 1. The number of nitro benzene ring substituents is 1. The van der Waals surface area contributed by atoms with Crippen LogP contribution in [0.3, 0.4) is 0 Å². The third kappa shape index (κ3) is 5.01. The van der Waals surface area contributed by atoms with Crippen LogP contribution in [0.25, 0.3) is 10.2 Å². The van der Waals surface area contributed by atoms with Crippen LogP contribution >= 0.6 is 11.3 Å². The van der Waals surface area contributed by atoms with Gasteiger partial charge in [-0.15, -0.1) is 0 Å². The number of carbonyl (C=O) groups is 1. The van der Waals surface area contributed by atoms with E-state index in [9.17, 15) is 19.3 Å². The molecule has 1 aromatic heterocycles. The van der Waals surface area contributed by atoms with E-state index in [1.165, 1.54) is 48.7 Å². The summed E-state index contributed by atoms with van der Waals surface area (Å²) in [6, 6.07) is 16.5. The van der Waals surface area contributed by atoms with Crippen LogP contribution in [0.4, 0.5) is 15.2 Å². The number of hydrogen-bond acceptors (Lipinski definition) is 7. The van der Waals surface area contributed by atoms with Crippen molar-refractivity contribution in [3.05, 3.63) is 93.8 Å². The second-order valence-corrected chi connectivity index (χ2v) is 7.79. The van der Waals surface area contributed by atoms with E-state index in [0.717, 1.165) is 16.3 Å². The first kappa shape index (κ1) is 22.0. The van der Waals surface area contributed by atoms with E-state index >= 15 is 0 Å². The molecule has 33 heavy (non-hydrogen) atoms. The van der Waals surface area contributed by atoms with Gasteiger partial charge < -0.3 is 4.74 Å². The highest BCUT2D eigenvalue weighted by molar-refractivity contribution is 7.22. The van der Waals surface area contributed by atoms with Crippen LogP contribution < -0.4 is 9.75 Å². The lowest BCUT2D eigenvalue weighted by molar-refractivity contribution is -0.384. The summed E-state index contributed by atoms with van der Waals surface area (Å²) in [5.41, 5.74) is 1.29. The van der Waals surface area contributed by atoms with Crippen molar-refractivity contribution in [1.29, 1.82) is 0 Å². The van der Waals surface area contributed by atoms with Gasteiger partial charge in [0.05, 0.1) is 28.0 Å². The minimum atomic E-state index is -0.543. The molecule has 0 aliphatic carbocycles. The number of hydrazone groups is 1. The summed E-state index contributed by atoms with van der Waals surface area (Å²) >= 11 is 1.11. The molecular formula is C23H17FN4O4S. The van der Waals surface area contributed by atoms with Gasteiger partial charge in [-0.2, -0.15) is 10.1 Å². The molecule has 0 unspecified atom stereocenters. The molecular weight excluding hydrogens is 447 g/mol. The van der Waals surface area contributed by atoms with E-state index in [1.54, 1.807) is 24.3 Å². The quantitative estimate of drug-likeness (QED) is 0.207. The monoisotopic (exact) mass is 464 g/mol. The first-order chi connectivity index (χ1) is 15.9. The van der Waals surface area contributed by atoms with E-state index in [4.69, 9.17) is 4.74 Å². The number of aromatic nitrogens is 1. The largest absolute Gasteiger partial charge is 0.494 e. The molecule has 3 aromatic carbocycles. The Morgan fingerprint density at radius 1 is 1.18 bits per heavy atom. The Bertz CT molecular complexity index is 1340. The summed E-state index contributed by atoms with van der Waals surface area (Å²) in [6.07, 6.45) is 1.49. The number of thiazole rings is 1. The summed E-state index contributed by atoms with van der Waals surface area (Å²) in [6.45, 7) is 2.43. The zero-order valence-corrected chi connectivity index (χ0v) is 18.2. The minimum absolute atomic E-state index is 0.133. The van der Waals surface area contributed by atoms with Gasteiger partial charge in [0.2, 0.25) is 5.13 Å². The number of amides is 1. The van der Waals surface area contributed by atoms with Crippen molar-refractivity contribution < 1.29 is 18.8 Å². The number of non-ortho nitro benzene ring substituents is 1. The number of carbonyl (C=O) groups excluding carboxylic acids is 1. The van der Waals surface area contributed by atoms with Crippen LogP contribution in [0.5, 0.6) is 5.75 Å². The van der Waals surface area contributed by atoms with E-state index in [-0.39, 0.29) is 16.4 Å². The maximum Gasteiger partial charge on any atom is 0.280 e. The zero-order chi connectivity index (χ0) is 23.4.